The van der Waals surface area contributed by atoms with Crippen LogP contribution in [0.25, 0.3) is 0 Å². The van der Waals surface area contributed by atoms with Crippen LogP contribution in [-0.2, 0) is 9.59 Å². The molecule has 2 N–H and O–H groups in total. The monoisotopic (exact) mass is 338 g/mol. The zero-order valence-corrected chi connectivity index (χ0v) is 14.4. The third-order valence-electron chi connectivity index (χ3n) is 4.05. The number of carbonyl (C=O) groups excluding carboxylic acids is 2. The molecule has 1 aliphatic rings. The summed E-state index contributed by atoms with van der Waals surface area (Å²) < 4.78 is 5.66. The van der Waals surface area contributed by atoms with Crippen molar-refractivity contribution in [1.82, 2.24) is 0 Å². The maximum atomic E-state index is 12.3. The molecule has 130 valence electrons. The third-order valence-corrected chi connectivity index (χ3v) is 4.05. The van der Waals surface area contributed by atoms with Crippen LogP contribution >= 0.6 is 0 Å². The Kier molecular flexibility index (Phi) is 5.03. The minimum absolute atomic E-state index is 0.0412. The van der Waals surface area contributed by atoms with E-state index in [1.165, 1.54) is 0 Å². The Balaban J connectivity index is 1.57. The van der Waals surface area contributed by atoms with E-state index < -0.39 is 6.10 Å². The van der Waals surface area contributed by atoms with E-state index in [1.807, 2.05) is 37.3 Å². The van der Waals surface area contributed by atoms with Crippen LogP contribution < -0.4 is 15.4 Å². The molecule has 1 unspecified atom stereocenters. The molecule has 2 aromatic carbocycles. The van der Waals surface area contributed by atoms with Crippen LogP contribution in [0.15, 0.2) is 48.5 Å². The first-order valence-electron chi connectivity index (χ1n) is 8.46. The van der Waals surface area contributed by atoms with Crippen molar-refractivity contribution < 1.29 is 14.3 Å². The standard InChI is InChI=1S/C20H22N2O3/c1-13-6-10-18(11-7-13)25-14(2)19(23)21-16-4-3-5-17(12-16)22-20(24)15-8-9-15/h3-7,10-12,14-15H,8-9H2,1-2H3,(H,21,23)(H,22,24). The summed E-state index contributed by atoms with van der Waals surface area (Å²) in [7, 11) is 0. The van der Waals surface area contributed by atoms with E-state index in [0.29, 0.717) is 17.1 Å². The molecule has 25 heavy (non-hydrogen) atoms. The molecule has 0 aliphatic heterocycles. The molecular weight excluding hydrogens is 316 g/mol. The lowest BCUT2D eigenvalue weighted by Crippen LogP contribution is -2.30. The lowest BCUT2D eigenvalue weighted by molar-refractivity contribution is -0.122. The summed E-state index contributed by atoms with van der Waals surface area (Å²) in [6, 6.07) is 14.7. The molecule has 1 fully saturated rings. The quantitative estimate of drug-likeness (QED) is 0.843. The SMILES string of the molecule is Cc1ccc(OC(C)C(=O)Nc2cccc(NC(=O)C3CC3)c2)cc1. The molecule has 5 nitrogen and oxygen atoms in total. The number of amides is 2. The van der Waals surface area contributed by atoms with Gasteiger partial charge in [-0.3, -0.25) is 9.59 Å². The Morgan fingerprint density at radius 3 is 2.32 bits per heavy atom. The summed E-state index contributed by atoms with van der Waals surface area (Å²) in [5.74, 6) is 0.589. The molecule has 0 radical (unpaired) electrons. The van der Waals surface area contributed by atoms with E-state index in [0.717, 1.165) is 18.4 Å². The average molecular weight is 338 g/mol. The number of hydrogen-bond acceptors (Lipinski definition) is 3. The van der Waals surface area contributed by atoms with Crippen molar-refractivity contribution in [2.24, 2.45) is 5.92 Å². The molecule has 5 heteroatoms. The summed E-state index contributed by atoms with van der Waals surface area (Å²) in [5, 5.41) is 5.69. The van der Waals surface area contributed by atoms with Crippen molar-refractivity contribution in [1.29, 1.82) is 0 Å². The minimum Gasteiger partial charge on any atom is -0.481 e. The van der Waals surface area contributed by atoms with Crippen LogP contribution in [0.3, 0.4) is 0 Å². The smallest absolute Gasteiger partial charge is 0.265 e. The van der Waals surface area contributed by atoms with Gasteiger partial charge in [-0.25, -0.2) is 0 Å². The van der Waals surface area contributed by atoms with Crippen molar-refractivity contribution in [2.45, 2.75) is 32.8 Å². The second-order valence-corrected chi connectivity index (χ2v) is 6.41. The van der Waals surface area contributed by atoms with Gasteiger partial charge in [0, 0.05) is 17.3 Å². The molecule has 2 aromatic rings. The van der Waals surface area contributed by atoms with Gasteiger partial charge in [-0.15, -0.1) is 0 Å². The van der Waals surface area contributed by atoms with Gasteiger partial charge in [0.25, 0.3) is 5.91 Å². The van der Waals surface area contributed by atoms with Gasteiger partial charge in [0.15, 0.2) is 6.10 Å². The van der Waals surface area contributed by atoms with Crippen molar-refractivity contribution >= 4 is 23.2 Å². The van der Waals surface area contributed by atoms with Crippen LogP contribution in [0, 0.1) is 12.8 Å². The summed E-state index contributed by atoms with van der Waals surface area (Å²) in [6.45, 7) is 3.70. The lowest BCUT2D eigenvalue weighted by Gasteiger charge is -2.15. The molecule has 0 bridgehead atoms. The second kappa shape index (κ2) is 7.38. The van der Waals surface area contributed by atoms with Gasteiger partial charge in [0.2, 0.25) is 5.91 Å². The molecule has 1 atom stereocenters. The summed E-state index contributed by atoms with van der Waals surface area (Å²) >= 11 is 0. The van der Waals surface area contributed by atoms with Gasteiger partial charge in [0.1, 0.15) is 5.75 Å². The molecule has 0 saturated heterocycles. The number of rotatable bonds is 6. The van der Waals surface area contributed by atoms with Gasteiger partial charge in [0.05, 0.1) is 0 Å². The van der Waals surface area contributed by atoms with Crippen LogP contribution in [0.4, 0.5) is 11.4 Å². The maximum absolute atomic E-state index is 12.3. The molecule has 1 saturated carbocycles. The Morgan fingerprint density at radius 1 is 1.04 bits per heavy atom. The van der Waals surface area contributed by atoms with Gasteiger partial charge < -0.3 is 15.4 Å². The highest BCUT2D eigenvalue weighted by Gasteiger charge is 2.29. The van der Waals surface area contributed by atoms with E-state index in [9.17, 15) is 9.59 Å². The van der Waals surface area contributed by atoms with E-state index in [-0.39, 0.29) is 17.7 Å². The number of benzene rings is 2. The molecule has 1 aliphatic carbocycles. The highest BCUT2D eigenvalue weighted by atomic mass is 16.5. The fraction of sp³-hybridized carbons (Fsp3) is 0.300. The van der Waals surface area contributed by atoms with E-state index in [4.69, 9.17) is 4.74 Å². The lowest BCUT2D eigenvalue weighted by atomic mass is 10.2. The topological polar surface area (TPSA) is 67.4 Å². The Hall–Kier alpha value is -2.82. The first-order valence-corrected chi connectivity index (χ1v) is 8.46. The second-order valence-electron chi connectivity index (χ2n) is 6.41. The molecular formula is C20H22N2O3. The Labute approximate surface area is 147 Å². The van der Waals surface area contributed by atoms with Crippen molar-refractivity contribution in [3.05, 3.63) is 54.1 Å². The van der Waals surface area contributed by atoms with E-state index in [1.54, 1.807) is 25.1 Å². The number of anilines is 2. The van der Waals surface area contributed by atoms with Crippen LogP contribution in [0.2, 0.25) is 0 Å². The largest absolute Gasteiger partial charge is 0.481 e. The van der Waals surface area contributed by atoms with Gasteiger partial charge in [-0.1, -0.05) is 23.8 Å². The Morgan fingerprint density at radius 2 is 1.68 bits per heavy atom. The predicted octanol–water partition coefficient (Wildman–Crippen LogP) is 3.75. The van der Waals surface area contributed by atoms with Gasteiger partial charge >= 0.3 is 0 Å². The average Bonchev–Trinajstić information content (AvgIpc) is 3.42. The summed E-state index contributed by atoms with van der Waals surface area (Å²) in [5.41, 5.74) is 2.44. The van der Waals surface area contributed by atoms with Crippen LogP contribution in [-0.4, -0.2) is 17.9 Å². The van der Waals surface area contributed by atoms with Crippen LogP contribution in [0.5, 0.6) is 5.75 Å². The normalized spacial score (nSPS) is 14.5. The fourth-order valence-corrected chi connectivity index (χ4v) is 2.38. The highest BCUT2D eigenvalue weighted by molar-refractivity contribution is 5.97. The maximum Gasteiger partial charge on any atom is 0.265 e. The molecule has 2 amide bonds. The fourth-order valence-electron chi connectivity index (χ4n) is 2.38. The van der Waals surface area contributed by atoms with Crippen molar-refractivity contribution in [3.63, 3.8) is 0 Å². The van der Waals surface area contributed by atoms with Gasteiger partial charge in [-0.05, 0) is 57.0 Å². The van der Waals surface area contributed by atoms with Gasteiger partial charge in [-0.2, -0.15) is 0 Å². The minimum atomic E-state index is -0.632. The number of nitrogens with one attached hydrogen (secondary N) is 2. The van der Waals surface area contributed by atoms with Crippen LogP contribution in [0.1, 0.15) is 25.3 Å². The first-order chi connectivity index (χ1) is 12.0. The summed E-state index contributed by atoms with van der Waals surface area (Å²) in [6.07, 6.45) is 1.28. The predicted molar refractivity (Wildman–Crippen MR) is 97.7 cm³/mol. The number of hydrogen-bond donors (Lipinski definition) is 2. The third kappa shape index (κ3) is 4.83. The van der Waals surface area contributed by atoms with Crippen molar-refractivity contribution in [2.75, 3.05) is 10.6 Å². The number of aryl methyl sites for hydroxylation is 1. The number of carbonyl (C=O) groups is 2. The zero-order chi connectivity index (χ0) is 17.8. The molecule has 0 heterocycles. The Bertz CT molecular complexity index is 767. The van der Waals surface area contributed by atoms with E-state index in [2.05, 4.69) is 10.6 Å². The van der Waals surface area contributed by atoms with Crippen molar-refractivity contribution in [3.8, 4) is 5.75 Å². The molecule has 3 rings (SSSR count). The number of ether oxygens (including phenoxy) is 1. The van der Waals surface area contributed by atoms with E-state index >= 15 is 0 Å². The molecule has 0 spiro atoms. The highest BCUT2D eigenvalue weighted by Crippen LogP contribution is 2.30. The zero-order valence-electron chi connectivity index (χ0n) is 14.4. The molecule has 0 aromatic heterocycles. The summed E-state index contributed by atoms with van der Waals surface area (Å²) in [4.78, 5) is 24.1. The first kappa shape index (κ1) is 17.0.